The van der Waals surface area contributed by atoms with Gasteiger partial charge in [0.1, 0.15) is 5.82 Å². The molecule has 0 aliphatic carbocycles. The lowest BCUT2D eigenvalue weighted by molar-refractivity contribution is 0.509. The molecule has 2 rings (SSSR count). The van der Waals surface area contributed by atoms with Gasteiger partial charge in [0.15, 0.2) is 11.6 Å². The normalized spacial score (nSPS) is 11.0. The van der Waals surface area contributed by atoms with Crippen LogP contribution in [0.5, 0.6) is 0 Å². The van der Waals surface area contributed by atoms with Gasteiger partial charge in [-0.25, -0.2) is 18.2 Å². The summed E-state index contributed by atoms with van der Waals surface area (Å²) in [5.41, 5.74) is 1.95. The fraction of sp³-hybridized carbons (Fsp3) is 0.235. The third-order valence-electron chi connectivity index (χ3n) is 3.44. The van der Waals surface area contributed by atoms with Gasteiger partial charge in [0, 0.05) is 31.0 Å². The van der Waals surface area contributed by atoms with Crippen molar-refractivity contribution in [2.24, 2.45) is 4.99 Å². The van der Waals surface area contributed by atoms with Gasteiger partial charge in [-0.05, 0) is 43.7 Å². The molecule has 2 aromatic rings. The first-order valence-corrected chi connectivity index (χ1v) is 7.17. The second-order valence-corrected chi connectivity index (χ2v) is 5.17. The van der Waals surface area contributed by atoms with Crippen LogP contribution in [-0.2, 0) is 0 Å². The Balaban J connectivity index is 2.33. The topological polar surface area (TPSA) is 27.6 Å². The number of hydrogen-bond acceptors (Lipinski definition) is 2. The first-order chi connectivity index (χ1) is 10.9. The minimum atomic E-state index is -0.966. The predicted molar refractivity (Wildman–Crippen MR) is 87.2 cm³/mol. The van der Waals surface area contributed by atoms with Crippen LogP contribution in [0.15, 0.2) is 35.3 Å². The Hall–Kier alpha value is -2.50. The molecule has 0 bridgehead atoms. The third-order valence-corrected chi connectivity index (χ3v) is 3.44. The molecule has 2 aromatic carbocycles. The largest absolute Gasteiger partial charge is 0.366 e. The molecule has 1 N–H and O–H groups in total. The van der Waals surface area contributed by atoms with Gasteiger partial charge in [0.2, 0.25) is 0 Å². The van der Waals surface area contributed by atoms with Crippen LogP contribution in [0.1, 0.15) is 12.5 Å². The zero-order chi connectivity index (χ0) is 17.0. The van der Waals surface area contributed by atoms with Crippen molar-refractivity contribution in [3.8, 4) is 0 Å². The summed E-state index contributed by atoms with van der Waals surface area (Å²) in [6.07, 6.45) is 1.61. The number of halogens is 3. The molecule has 23 heavy (non-hydrogen) atoms. The van der Waals surface area contributed by atoms with Crippen LogP contribution in [-0.4, -0.2) is 24.8 Å². The van der Waals surface area contributed by atoms with Crippen molar-refractivity contribution >= 4 is 23.4 Å². The Morgan fingerprint density at radius 2 is 1.87 bits per heavy atom. The van der Waals surface area contributed by atoms with Gasteiger partial charge >= 0.3 is 0 Å². The highest BCUT2D eigenvalue weighted by molar-refractivity contribution is 5.72. The average molecular weight is 321 g/mol. The fourth-order valence-electron chi connectivity index (χ4n) is 1.90. The van der Waals surface area contributed by atoms with Crippen LogP contribution in [0, 0.1) is 24.4 Å². The van der Waals surface area contributed by atoms with Crippen molar-refractivity contribution in [2.45, 2.75) is 13.8 Å². The van der Waals surface area contributed by atoms with Crippen LogP contribution < -0.4 is 5.32 Å². The van der Waals surface area contributed by atoms with Crippen LogP contribution in [0.2, 0.25) is 0 Å². The van der Waals surface area contributed by atoms with Crippen LogP contribution >= 0.6 is 0 Å². The van der Waals surface area contributed by atoms with Gasteiger partial charge in [-0.15, -0.1) is 0 Å². The minimum absolute atomic E-state index is 0.332. The lowest BCUT2D eigenvalue weighted by atomic mass is 10.1. The molecule has 0 amide bonds. The van der Waals surface area contributed by atoms with Crippen molar-refractivity contribution in [1.29, 1.82) is 0 Å². The van der Waals surface area contributed by atoms with E-state index in [-0.39, 0.29) is 0 Å². The Labute approximate surface area is 133 Å². The summed E-state index contributed by atoms with van der Waals surface area (Å²) in [6.45, 7) is 4.53. The van der Waals surface area contributed by atoms with Crippen molar-refractivity contribution in [3.63, 3.8) is 0 Å². The lowest BCUT2D eigenvalue weighted by Gasteiger charge is -2.13. The molecule has 0 saturated heterocycles. The average Bonchev–Trinajstić information content (AvgIpc) is 2.52. The number of rotatable bonds is 5. The molecule has 0 heterocycles. The molecule has 0 fully saturated rings. The highest BCUT2D eigenvalue weighted by Crippen LogP contribution is 2.30. The molecule has 0 aromatic heterocycles. The zero-order valence-electron chi connectivity index (χ0n) is 13.2. The summed E-state index contributed by atoms with van der Waals surface area (Å²) in [6, 6.07) is 6.04. The van der Waals surface area contributed by atoms with Gasteiger partial charge in [-0.1, -0.05) is 0 Å². The summed E-state index contributed by atoms with van der Waals surface area (Å²) in [4.78, 5) is 6.11. The third kappa shape index (κ3) is 4.25. The zero-order valence-corrected chi connectivity index (χ0v) is 13.2. The van der Waals surface area contributed by atoms with Crippen molar-refractivity contribution in [3.05, 3.63) is 53.3 Å². The second-order valence-electron chi connectivity index (χ2n) is 5.17. The smallest absolute Gasteiger partial charge is 0.160 e. The molecule has 0 radical (unpaired) electrons. The van der Waals surface area contributed by atoms with Gasteiger partial charge in [-0.2, -0.15) is 0 Å². The van der Waals surface area contributed by atoms with E-state index in [9.17, 15) is 13.2 Å². The summed E-state index contributed by atoms with van der Waals surface area (Å²) in [7, 11) is 1.86. The number of anilines is 2. The van der Waals surface area contributed by atoms with Crippen molar-refractivity contribution in [1.82, 2.24) is 4.90 Å². The number of hydrogen-bond donors (Lipinski definition) is 1. The molecule has 0 saturated carbocycles. The maximum absolute atomic E-state index is 13.8. The standard InChI is InChI=1S/C17H18F3N3/c1-4-23(3)10-21-16-7-12(18)8-17(11(16)2)22-13-5-6-14(19)15(20)9-13/h5-10,22H,4H2,1-3H3. The molecule has 0 unspecified atom stereocenters. The molecular formula is C17H18F3N3. The lowest BCUT2D eigenvalue weighted by Crippen LogP contribution is -2.14. The van der Waals surface area contributed by atoms with Crippen LogP contribution in [0.4, 0.5) is 30.2 Å². The monoisotopic (exact) mass is 321 g/mol. The van der Waals surface area contributed by atoms with Gasteiger partial charge in [0.25, 0.3) is 0 Å². The van der Waals surface area contributed by atoms with E-state index in [2.05, 4.69) is 10.3 Å². The van der Waals surface area contributed by atoms with E-state index in [1.807, 2.05) is 18.9 Å². The fourth-order valence-corrected chi connectivity index (χ4v) is 1.90. The Morgan fingerprint density at radius 1 is 1.13 bits per heavy atom. The highest BCUT2D eigenvalue weighted by Gasteiger charge is 2.09. The van der Waals surface area contributed by atoms with Crippen LogP contribution in [0.3, 0.4) is 0 Å². The number of nitrogens with one attached hydrogen (secondary N) is 1. The number of nitrogens with zero attached hydrogens (tertiary/aromatic N) is 2. The van der Waals surface area contributed by atoms with E-state index < -0.39 is 17.5 Å². The van der Waals surface area contributed by atoms with E-state index >= 15 is 0 Å². The first kappa shape index (κ1) is 16.9. The predicted octanol–water partition coefficient (Wildman–Crippen LogP) is 4.77. The van der Waals surface area contributed by atoms with Gasteiger partial charge in [0.05, 0.1) is 12.0 Å². The summed E-state index contributed by atoms with van der Waals surface area (Å²) in [5, 5.41) is 2.89. The quantitative estimate of drug-likeness (QED) is 0.635. The molecule has 3 nitrogen and oxygen atoms in total. The van der Waals surface area contributed by atoms with Crippen LogP contribution in [0.25, 0.3) is 0 Å². The van der Waals surface area contributed by atoms with E-state index in [1.54, 1.807) is 13.3 Å². The maximum Gasteiger partial charge on any atom is 0.160 e. The molecule has 6 heteroatoms. The van der Waals surface area contributed by atoms with E-state index in [0.29, 0.717) is 22.6 Å². The van der Waals surface area contributed by atoms with Gasteiger partial charge in [-0.3, -0.25) is 0 Å². The van der Waals surface area contributed by atoms with E-state index in [1.165, 1.54) is 18.2 Å². The minimum Gasteiger partial charge on any atom is -0.366 e. The molecule has 0 atom stereocenters. The maximum atomic E-state index is 13.8. The number of benzene rings is 2. The summed E-state index contributed by atoms with van der Waals surface area (Å²) < 4.78 is 40.0. The first-order valence-electron chi connectivity index (χ1n) is 7.17. The summed E-state index contributed by atoms with van der Waals surface area (Å²) >= 11 is 0. The molecule has 0 aliphatic rings. The highest BCUT2D eigenvalue weighted by atomic mass is 19.2. The Morgan fingerprint density at radius 3 is 2.52 bits per heavy atom. The molecular weight excluding hydrogens is 303 g/mol. The van der Waals surface area contributed by atoms with E-state index in [0.717, 1.165) is 18.7 Å². The van der Waals surface area contributed by atoms with E-state index in [4.69, 9.17) is 0 Å². The molecule has 0 spiro atoms. The Bertz CT molecular complexity index is 729. The number of aliphatic imine (C=N–C) groups is 1. The summed E-state index contributed by atoms with van der Waals surface area (Å²) in [5.74, 6) is -2.36. The van der Waals surface area contributed by atoms with Gasteiger partial charge < -0.3 is 10.2 Å². The SMILES string of the molecule is CCN(C)C=Nc1cc(F)cc(Nc2ccc(F)c(F)c2)c1C. The van der Waals surface area contributed by atoms with Crippen molar-refractivity contribution < 1.29 is 13.2 Å². The van der Waals surface area contributed by atoms with Crippen molar-refractivity contribution in [2.75, 3.05) is 18.9 Å². The molecule has 122 valence electrons. The Kier molecular flexibility index (Phi) is 5.26. The molecule has 0 aliphatic heterocycles. The second kappa shape index (κ2) is 7.17.